The molecule has 0 atom stereocenters. The van der Waals surface area contributed by atoms with Crippen molar-refractivity contribution in [3.05, 3.63) is 40.4 Å². The minimum absolute atomic E-state index is 0.112. The maximum Gasteiger partial charge on any atom is 0.136 e. The van der Waals surface area contributed by atoms with E-state index in [4.69, 9.17) is 10.5 Å². The number of nitrogens with two attached hydrogens (primary N) is 1. The fraction of sp³-hybridized carbons (Fsp3) is 0.250. The molecular weight excluding hydrogens is 258 g/mol. The second-order valence-corrected chi connectivity index (χ2v) is 4.71. The predicted octanol–water partition coefficient (Wildman–Crippen LogP) is 2.69. The van der Waals surface area contributed by atoms with Crippen LogP contribution in [0.1, 0.15) is 10.6 Å². The molecule has 0 saturated heterocycles. The van der Waals surface area contributed by atoms with E-state index >= 15 is 0 Å². The number of nitrogens with zero attached hydrogens (tertiary/aromatic N) is 1. The lowest BCUT2D eigenvalue weighted by molar-refractivity contribution is 0.181. The van der Waals surface area contributed by atoms with E-state index in [1.54, 1.807) is 0 Å². The summed E-state index contributed by atoms with van der Waals surface area (Å²) in [7, 11) is 1.53. The van der Waals surface area contributed by atoms with Gasteiger partial charge in [0, 0.05) is 18.5 Å². The molecule has 0 aliphatic rings. The molecule has 2 N–H and O–H groups in total. The summed E-state index contributed by atoms with van der Waals surface area (Å²) in [6.45, 7) is 0.547. The van der Waals surface area contributed by atoms with Crippen LogP contribution in [0.25, 0.3) is 10.6 Å². The molecule has 1 heterocycles. The highest BCUT2D eigenvalue weighted by atomic mass is 32.1. The van der Waals surface area contributed by atoms with Crippen LogP contribution in [-0.4, -0.2) is 12.1 Å². The van der Waals surface area contributed by atoms with E-state index in [-0.39, 0.29) is 23.7 Å². The smallest absolute Gasteiger partial charge is 0.136 e. The number of methoxy groups -OCH3 is 1. The molecule has 6 heteroatoms. The fourth-order valence-corrected chi connectivity index (χ4v) is 2.59. The third-order valence-electron chi connectivity index (χ3n) is 2.42. The van der Waals surface area contributed by atoms with Gasteiger partial charge >= 0.3 is 0 Å². The molecule has 0 saturated carbocycles. The van der Waals surface area contributed by atoms with Gasteiger partial charge in [0.2, 0.25) is 0 Å². The molecule has 2 aromatic rings. The van der Waals surface area contributed by atoms with Crippen LogP contribution in [0.3, 0.4) is 0 Å². The molecule has 96 valence electrons. The van der Waals surface area contributed by atoms with Crippen LogP contribution in [0.4, 0.5) is 8.78 Å². The Morgan fingerprint density at radius 1 is 1.33 bits per heavy atom. The first kappa shape index (κ1) is 13.1. The van der Waals surface area contributed by atoms with Gasteiger partial charge in [0.1, 0.15) is 16.6 Å². The Morgan fingerprint density at radius 3 is 2.56 bits per heavy atom. The number of thiazole rings is 1. The van der Waals surface area contributed by atoms with Crippen LogP contribution in [0.5, 0.6) is 0 Å². The molecule has 1 aromatic carbocycles. The zero-order chi connectivity index (χ0) is 13.1. The summed E-state index contributed by atoms with van der Waals surface area (Å²) in [5, 5.41) is 0.290. The standard InChI is InChI=1S/C12H12F2N2OS/c1-17-6-9-10(5-15)18-12(16-9)11-7(13)3-2-4-8(11)14/h2-4H,5-6,15H2,1H3. The van der Waals surface area contributed by atoms with E-state index in [0.717, 1.165) is 4.88 Å². The molecule has 0 aliphatic heterocycles. The summed E-state index contributed by atoms with van der Waals surface area (Å²) >= 11 is 1.18. The van der Waals surface area contributed by atoms with Gasteiger partial charge in [-0.1, -0.05) is 6.07 Å². The van der Waals surface area contributed by atoms with E-state index in [9.17, 15) is 8.78 Å². The maximum absolute atomic E-state index is 13.6. The van der Waals surface area contributed by atoms with Crippen molar-refractivity contribution in [1.29, 1.82) is 0 Å². The van der Waals surface area contributed by atoms with Crippen LogP contribution in [0.2, 0.25) is 0 Å². The number of ether oxygens (including phenoxy) is 1. The van der Waals surface area contributed by atoms with Crippen LogP contribution in [0.15, 0.2) is 18.2 Å². The van der Waals surface area contributed by atoms with Crippen molar-refractivity contribution in [1.82, 2.24) is 4.98 Å². The first-order valence-corrected chi connectivity index (χ1v) is 6.11. The summed E-state index contributed by atoms with van der Waals surface area (Å²) in [6.07, 6.45) is 0. The number of aromatic nitrogens is 1. The lowest BCUT2D eigenvalue weighted by Gasteiger charge is -2.00. The van der Waals surface area contributed by atoms with Crippen LogP contribution >= 0.6 is 11.3 Å². The average molecular weight is 270 g/mol. The van der Waals surface area contributed by atoms with Gasteiger partial charge < -0.3 is 10.5 Å². The highest BCUT2D eigenvalue weighted by molar-refractivity contribution is 7.15. The lowest BCUT2D eigenvalue weighted by atomic mass is 10.2. The van der Waals surface area contributed by atoms with Crippen molar-refractivity contribution in [2.45, 2.75) is 13.2 Å². The van der Waals surface area contributed by atoms with E-state index in [1.165, 1.54) is 36.6 Å². The van der Waals surface area contributed by atoms with Gasteiger partial charge in [-0.25, -0.2) is 13.8 Å². The Morgan fingerprint density at radius 2 is 2.00 bits per heavy atom. The van der Waals surface area contributed by atoms with Crippen molar-refractivity contribution in [3.8, 4) is 10.6 Å². The molecule has 0 aliphatic carbocycles. The molecule has 0 radical (unpaired) electrons. The van der Waals surface area contributed by atoms with E-state index in [2.05, 4.69) is 4.98 Å². The molecule has 3 nitrogen and oxygen atoms in total. The van der Waals surface area contributed by atoms with E-state index < -0.39 is 11.6 Å². The van der Waals surface area contributed by atoms with E-state index in [0.29, 0.717) is 5.69 Å². The normalized spacial score (nSPS) is 10.9. The first-order chi connectivity index (χ1) is 8.67. The van der Waals surface area contributed by atoms with Gasteiger partial charge in [-0.3, -0.25) is 0 Å². The van der Waals surface area contributed by atoms with Crippen molar-refractivity contribution >= 4 is 11.3 Å². The summed E-state index contributed by atoms with van der Waals surface area (Å²) in [5.41, 5.74) is 6.09. The molecule has 0 spiro atoms. The van der Waals surface area contributed by atoms with Gasteiger partial charge in [0.05, 0.1) is 17.9 Å². The summed E-state index contributed by atoms with van der Waals surface area (Å²) in [5.74, 6) is -1.26. The highest BCUT2D eigenvalue weighted by Gasteiger charge is 2.17. The maximum atomic E-state index is 13.6. The minimum atomic E-state index is -0.628. The molecule has 0 amide bonds. The van der Waals surface area contributed by atoms with Crippen LogP contribution in [0, 0.1) is 11.6 Å². The molecule has 0 unspecified atom stereocenters. The Balaban J connectivity index is 2.51. The monoisotopic (exact) mass is 270 g/mol. The minimum Gasteiger partial charge on any atom is -0.378 e. The zero-order valence-corrected chi connectivity index (χ0v) is 10.6. The quantitative estimate of drug-likeness (QED) is 0.929. The molecule has 1 aromatic heterocycles. The topological polar surface area (TPSA) is 48.1 Å². The number of rotatable bonds is 4. The number of hydrogen-bond donors (Lipinski definition) is 1. The predicted molar refractivity (Wildman–Crippen MR) is 66.1 cm³/mol. The Bertz CT molecular complexity index is 537. The summed E-state index contributed by atoms with van der Waals surface area (Å²) < 4.78 is 32.2. The number of hydrogen-bond acceptors (Lipinski definition) is 4. The van der Waals surface area contributed by atoms with Crippen molar-refractivity contribution < 1.29 is 13.5 Å². The van der Waals surface area contributed by atoms with Gasteiger partial charge in [0.25, 0.3) is 0 Å². The molecular formula is C12H12F2N2OS. The van der Waals surface area contributed by atoms with Gasteiger partial charge in [-0.15, -0.1) is 11.3 Å². The highest BCUT2D eigenvalue weighted by Crippen LogP contribution is 2.32. The van der Waals surface area contributed by atoms with Gasteiger partial charge in [0.15, 0.2) is 0 Å². The Labute approximate surface area is 107 Å². The third kappa shape index (κ3) is 2.40. The van der Waals surface area contributed by atoms with Gasteiger partial charge in [-0.2, -0.15) is 0 Å². The Hall–Kier alpha value is -1.37. The van der Waals surface area contributed by atoms with Crippen molar-refractivity contribution in [3.63, 3.8) is 0 Å². The lowest BCUT2D eigenvalue weighted by Crippen LogP contribution is -1.99. The van der Waals surface area contributed by atoms with Crippen LogP contribution in [-0.2, 0) is 17.9 Å². The second kappa shape index (κ2) is 5.51. The average Bonchev–Trinajstić information content (AvgIpc) is 2.72. The van der Waals surface area contributed by atoms with Crippen molar-refractivity contribution in [2.75, 3.05) is 7.11 Å². The molecule has 18 heavy (non-hydrogen) atoms. The number of halogens is 2. The third-order valence-corrected chi connectivity index (χ3v) is 3.56. The Kier molecular flexibility index (Phi) is 4.00. The second-order valence-electron chi connectivity index (χ2n) is 3.62. The van der Waals surface area contributed by atoms with Crippen molar-refractivity contribution in [2.24, 2.45) is 5.73 Å². The largest absolute Gasteiger partial charge is 0.378 e. The molecule has 2 rings (SSSR count). The molecule has 0 bridgehead atoms. The summed E-state index contributed by atoms with van der Waals surface area (Å²) in [4.78, 5) is 4.97. The zero-order valence-electron chi connectivity index (χ0n) is 9.74. The first-order valence-electron chi connectivity index (χ1n) is 5.29. The fourth-order valence-electron chi connectivity index (χ4n) is 1.60. The number of benzene rings is 1. The SMILES string of the molecule is COCc1nc(-c2c(F)cccc2F)sc1CN. The summed E-state index contributed by atoms with van der Waals surface area (Å²) in [6, 6.07) is 3.73. The van der Waals surface area contributed by atoms with Crippen LogP contribution < -0.4 is 5.73 Å². The van der Waals surface area contributed by atoms with Gasteiger partial charge in [-0.05, 0) is 12.1 Å². The van der Waals surface area contributed by atoms with E-state index in [1.807, 2.05) is 0 Å². The molecule has 0 fully saturated rings.